The van der Waals surface area contributed by atoms with Gasteiger partial charge in [0.2, 0.25) is 5.69 Å². The van der Waals surface area contributed by atoms with Crippen LogP contribution in [-0.2, 0) is 6.54 Å². The molecular formula is C9H13N3O4. The molecule has 1 aromatic rings. The van der Waals surface area contributed by atoms with Crippen LogP contribution >= 0.6 is 0 Å². The molecule has 0 spiro atoms. The average molecular weight is 227 g/mol. The van der Waals surface area contributed by atoms with Crippen molar-refractivity contribution in [3.8, 4) is 0 Å². The summed E-state index contributed by atoms with van der Waals surface area (Å²) in [4.78, 5) is 24.9. The van der Waals surface area contributed by atoms with Crippen LogP contribution in [0.25, 0.3) is 0 Å². The van der Waals surface area contributed by atoms with Crippen LogP contribution in [0.1, 0.15) is 30.0 Å². The smallest absolute Gasteiger partial charge is 0.390 e. The number of nitrogens with zero attached hydrogens (tertiary/aromatic N) is 3. The minimum Gasteiger partial charge on any atom is -0.390 e. The van der Waals surface area contributed by atoms with E-state index in [0.29, 0.717) is 5.69 Å². The van der Waals surface area contributed by atoms with E-state index in [-0.39, 0.29) is 18.0 Å². The minimum atomic E-state index is -0.744. The Labute approximate surface area is 91.9 Å². The molecule has 0 aliphatic rings. The van der Waals surface area contributed by atoms with Gasteiger partial charge in [0.25, 0.3) is 0 Å². The molecule has 1 N–H and O–H groups in total. The first kappa shape index (κ1) is 12.3. The van der Waals surface area contributed by atoms with Gasteiger partial charge >= 0.3 is 5.95 Å². The van der Waals surface area contributed by atoms with E-state index < -0.39 is 17.0 Å². The van der Waals surface area contributed by atoms with Gasteiger partial charge in [0.05, 0.1) is 12.6 Å². The summed E-state index contributed by atoms with van der Waals surface area (Å²) in [6.45, 7) is 4.42. The minimum absolute atomic E-state index is 0.0441. The summed E-state index contributed by atoms with van der Waals surface area (Å²) < 4.78 is 1.24. The van der Waals surface area contributed by atoms with Crippen LogP contribution in [0.2, 0.25) is 0 Å². The second-order valence-electron chi connectivity index (χ2n) is 3.62. The van der Waals surface area contributed by atoms with Gasteiger partial charge in [-0.25, -0.2) is 4.57 Å². The van der Waals surface area contributed by atoms with Gasteiger partial charge in [0.15, 0.2) is 5.78 Å². The Balaban J connectivity index is 3.31. The number of hydrogen-bond acceptors (Lipinski definition) is 5. The number of aliphatic hydroxyl groups excluding tert-OH is 1. The first-order chi connectivity index (χ1) is 7.34. The van der Waals surface area contributed by atoms with Gasteiger partial charge in [0.1, 0.15) is 5.69 Å². The first-order valence-electron chi connectivity index (χ1n) is 4.75. The summed E-state index contributed by atoms with van der Waals surface area (Å²) in [5.41, 5.74) is 0.479. The lowest BCUT2D eigenvalue weighted by atomic mass is 10.2. The van der Waals surface area contributed by atoms with E-state index in [1.165, 1.54) is 18.4 Å². The third-order valence-corrected chi connectivity index (χ3v) is 2.14. The van der Waals surface area contributed by atoms with Crippen molar-refractivity contribution < 1.29 is 14.8 Å². The van der Waals surface area contributed by atoms with Crippen molar-refractivity contribution in [2.45, 2.75) is 33.4 Å². The standard InChI is InChI=1S/C9H13N3O4/c1-5(13)4-11-6(2)8(7(3)14)10-9(11)12(15)16/h5,13H,4H2,1-3H3. The highest BCUT2D eigenvalue weighted by molar-refractivity contribution is 5.93. The number of Topliss-reactive ketones (excluding diaryl/α,β-unsaturated/α-hetero) is 1. The second-order valence-corrected chi connectivity index (χ2v) is 3.62. The molecule has 0 radical (unpaired) electrons. The molecule has 0 saturated heterocycles. The lowest BCUT2D eigenvalue weighted by molar-refractivity contribution is -0.397. The van der Waals surface area contributed by atoms with Crippen LogP contribution in [0.4, 0.5) is 5.95 Å². The van der Waals surface area contributed by atoms with Crippen LogP contribution in [0.5, 0.6) is 0 Å². The number of nitro groups is 1. The van der Waals surface area contributed by atoms with Crippen LogP contribution in [-0.4, -0.2) is 31.5 Å². The molecule has 7 heteroatoms. The Morgan fingerprint density at radius 3 is 2.62 bits per heavy atom. The summed E-state index contributed by atoms with van der Waals surface area (Å²) in [6.07, 6.45) is -0.744. The lowest BCUT2D eigenvalue weighted by Gasteiger charge is -2.05. The molecule has 16 heavy (non-hydrogen) atoms. The predicted octanol–water partition coefficient (Wildman–Crippen LogP) is 0.683. The molecule has 1 atom stereocenters. The maximum absolute atomic E-state index is 11.2. The number of carbonyl (C=O) groups is 1. The van der Waals surface area contributed by atoms with Gasteiger partial charge in [-0.1, -0.05) is 4.98 Å². The fraction of sp³-hybridized carbons (Fsp3) is 0.556. The van der Waals surface area contributed by atoms with Crippen molar-refractivity contribution in [1.82, 2.24) is 9.55 Å². The molecule has 0 aliphatic carbocycles. The van der Waals surface area contributed by atoms with E-state index in [1.54, 1.807) is 6.92 Å². The van der Waals surface area contributed by atoms with Gasteiger partial charge in [-0.2, -0.15) is 0 Å². The van der Waals surface area contributed by atoms with Gasteiger partial charge in [-0.15, -0.1) is 0 Å². The third-order valence-electron chi connectivity index (χ3n) is 2.14. The molecule has 0 amide bonds. The number of ketones is 1. The molecule has 1 heterocycles. The van der Waals surface area contributed by atoms with Crippen molar-refractivity contribution in [2.75, 3.05) is 0 Å². The highest BCUT2D eigenvalue weighted by Crippen LogP contribution is 2.18. The number of carbonyl (C=O) groups excluding carboxylic acids is 1. The van der Waals surface area contributed by atoms with Crippen molar-refractivity contribution in [3.63, 3.8) is 0 Å². The Kier molecular flexibility index (Phi) is 3.38. The van der Waals surface area contributed by atoms with Gasteiger partial charge in [0, 0.05) is 6.92 Å². The summed E-state index contributed by atoms with van der Waals surface area (Å²) in [6, 6.07) is 0. The number of imidazole rings is 1. The summed E-state index contributed by atoms with van der Waals surface area (Å²) in [5.74, 6) is -0.742. The predicted molar refractivity (Wildman–Crippen MR) is 55.3 cm³/mol. The maximum Gasteiger partial charge on any atom is 0.435 e. The Morgan fingerprint density at radius 1 is 1.69 bits per heavy atom. The van der Waals surface area contributed by atoms with Crippen LogP contribution < -0.4 is 0 Å². The first-order valence-corrected chi connectivity index (χ1v) is 4.75. The molecule has 88 valence electrons. The van der Waals surface area contributed by atoms with E-state index in [0.717, 1.165) is 0 Å². The Morgan fingerprint density at radius 2 is 2.25 bits per heavy atom. The lowest BCUT2D eigenvalue weighted by Crippen LogP contribution is -2.15. The van der Waals surface area contributed by atoms with Crippen molar-refractivity contribution >= 4 is 11.7 Å². The number of hydrogen-bond donors (Lipinski definition) is 1. The molecule has 1 aromatic heterocycles. The molecule has 0 saturated carbocycles. The second kappa shape index (κ2) is 4.40. The molecule has 0 aromatic carbocycles. The molecule has 1 unspecified atom stereocenters. The van der Waals surface area contributed by atoms with Crippen LogP contribution in [0.3, 0.4) is 0 Å². The molecule has 0 bridgehead atoms. The normalized spacial score (nSPS) is 12.5. The van der Waals surface area contributed by atoms with Crippen molar-refractivity contribution in [2.24, 2.45) is 0 Å². The molecule has 7 nitrogen and oxygen atoms in total. The van der Waals surface area contributed by atoms with Crippen molar-refractivity contribution in [1.29, 1.82) is 0 Å². The zero-order valence-electron chi connectivity index (χ0n) is 9.30. The average Bonchev–Trinajstić information content (AvgIpc) is 2.43. The number of aromatic nitrogens is 2. The monoisotopic (exact) mass is 227 g/mol. The van der Waals surface area contributed by atoms with E-state index in [2.05, 4.69) is 4.98 Å². The Hall–Kier alpha value is -1.76. The summed E-state index contributed by atoms with van der Waals surface area (Å²) in [5, 5.41) is 19.9. The fourth-order valence-electron chi connectivity index (χ4n) is 1.47. The fourth-order valence-corrected chi connectivity index (χ4v) is 1.47. The summed E-state index contributed by atoms with van der Waals surface area (Å²) in [7, 11) is 0. The third kappa shape index (κ3) is 2.25. The van der Waals surface area contributed by atoms with Gasteiger partial charge in [-0.05, 0) is 18.8 Å². The molecule has 0 aliphatic heterocycles. The molecular weight excluding hydrogens is 214 g/mol. The van der Waals surface area contributed by atoms with Gasteiger partial charge in [-0.3, -0.25) is 4.79 Å². The number of rotatable bonds is 4. The van der Waals surface area contributed by atoms with E-state index in [9.17, 15) is 20.0 Å². The quantitative estimate of drug-likeness (QED) is 0.463. The van der Waals surface area contributed by atoms with Crippen LogP contribution in [0.15, 0.2) is 0 Å². The SMILES string of the molecule is CC(=O)c1nc([N+](=O)[O-])n(CC(C)O)c1C. The highest BCUT2D eigenvalue weighted by atomic mass is 16.6. The van der Waals surface area contributed by atoms with E-state index in [1.807, 2.05) is 0 Å². The Bertz CT molecular complexity index is 436. The zero-order valence-corrected chi connectivity index (χ0v) is 9.30. The van der Waals surface area contributed by atoms with E-state index >= 15 is 0 Å². The molecule has 0 fully saturated rings. The van der Waals surface area contributed by atoms with Crippen LogP contribution in [0, 0.1) is 17.0 Å². The zero-order chi connectivity index (χ0) is 12.5. The van der Waals surface area contributed by atoms with E-state index in [4.69, 9.17) is 0 Å². The highest BCUT2D eigenvalue weighted by Gasteiger charge is 2.27. The van der Waals surface area contributed by atoms with Gasteiger partial charge < -0.3 is 15.2 Å². The largest absolute Gasteiger partial charge is 0.435 e. The molecule has 1 rings (SSSR count). The number of aliphatic hydroxyl groups is 1. The topological polar surface area (TPSA) is 98.3 Å². The van der Waals surface area contributed by atoms with Crippen molar-refractivity contribution in [3.05, 3.63) is 21.5 Å². The summed E-state index contributed by atoms with van der Waals surface area (Å²) >= 11 is 0. The maximum atomic E-state index is 11.2.